The molecule has 0 spiro atoms. The second-order valence-electron chi connectivity index (χ2n) is 5.82. The van der Waals surface area contributed by atoms with E-state index in [1.54, 1.807) is 0 Å². The summed E-state index contributed by atoms with van der Waals surface area (Å²) in [6.45, 7) is 5.93. The van der Waals surface area contributed by atoms with E-state index >= 15 is 0 Å². The molecule has 5 nitrogen and oxygen atoms in total. The Balaban J connectivity index is 2.76. The SMILES string of the molecule is CC(C)(C)C(OCc1ccccc1)[C@@H](CO)NC(=O)O. The van der Waals surface area contributed by atoms with Crippen LogP contribution in [0.3, 0.4) is 0 Å². The van der Waals surface area contributed by atoms with Crippen LogP contribution in [-0.2, 0) is 11.3 Å². The van der Waals surface area contributed by atoms with E-state index in [4.69, 9.17) is 9.84 Å². The molecule has 0 aliphatic carbocycles. The third kappa shape index (κ3) is 5.19. The van der Waals surface area contributed by atoms with Crippen LogP contribution in [0.15, 0.2) is 30.3 Å². The molecular weight excluding hydrogens is 258 g/mol. The van der Waals surface area contributed by atoms with E-state index in [0.717, 1.165) is 5.56 Å². The normalized spacial score (nSPS) is 14.6. The van der Waals surface area contributed by atoms with Crippen molar-refractivity contribution in [3.05, 3.63) is 35.9 Å². The molecule has 0 saturated carbocycles. The minimum absolute atomic E-state index is 0.301. The van der Waals surface area contributed by atoms with Gasteiger partial charge in [-0.25, -0.2) is 4.79 Å². The van der Waals surface area contributed by atoms with Gasteiger partial charge in [-0.05, 0) is 11.0 Å². The highest BCUT2D eigenvalue weighted by molar-refractivity contribution is 5.65. The first kappa shape index (κ1) is 16.5. The Morgan fingerprint density at radius 3 is 2.35 bits per heavy atom. The molecule has 5 heteroatoms. The maximum atomic E-state index is 10.8. The van der Waals surface area contributed by atoms with Crippen LogP contribution in [0.25, 0.3) is 0 Å². The van der Waals surface area contributed by atoms with Gasteiger partial charge in [0.25, 0.3) is 0 Å². The van der Waals surface area contributed by atoms with Crippen molar-refractivity contribution in [2.45, 2.75) is 39.5 Å². The number of nitrogens with one attached hydrogen (secondary N) is 1. The molecule has 112 valence electrons. The predicted octanol–water partition coefficient (Wildman–Crippen LogP) is 2.25. The van der Waals surface area contributed by atoms with Crippen molar-refractivity contribution in [2.24, 2.45) is 5.41 Å². The summed E-state index contributed by atoms with van der Waals surface area (Å²) in [4.78, 5) is 10.8. The molecule has 0 heterocycles. The summed E-state index contributed by atoms with van der Waals surface area (Å²) in [5.74, 6) is 0. The molecule has 0 aliphatic heterocycles. The second kappa shape index (κ2) is 7.26. The van der Waals surface area contributed by atoms with Gasteiger partial charge in [0.15, 0.2) is 0 Å². The van der Waals surface area contributed by atoms with Crippen LogP contribution in [0.2, 0.25) is 0 Å². The quantitative estimate of drug-likeness (QED) is 0.747. The van der Waals surface area contributed by atoms with Crippen molar-refractivity contribution in [2.75, 3.05) is 6.61 Å². The van der Waals surface area contributed by atoms with Crippen LogP contribution in [0, 0.1) is 5.41 Å². The van der Waals surface area contributed by atoms with Crippen LogP contribution in [0.4, 0.5) is 4.79 Å². The van der Waals surface area contributed by atoms with Crippen LogP contribution in [0.1, 0.15) is 26.3 Å². The van der Waals surface area contributed by atoms with Gasteiger partial charge in [-0.1, -0.05) is 51.1 Å². The van der Waals surface area contributed by atoms with Crippen molar-refractivity contribution in [3.8, 4) is 0 Å². The van der Waals surface area contributed by atoms with E-state index in [9.17, 15) is 9.90 Å². The lowest BCUT2D eigenvalue weighted by atomic mass is 9.84. The molecule has 1 aromatic rings. The first-order valence-electron chi connectivity index (χ1n) is 6.60. The van der Waals surface area contributed by atoms with Gasteiger partial charge >= 0.3 is 6.09 Å². The first-order chi connectivity index (χ1) is 9.34. The molecule has 0 bridgehead atoms. The van der Waals surface area contributed by atoms with E-state index < -0.39 is 18.2 Å². The first-order valence-corrected chi connectivity index (χ1v) is 6.60. The largest absolute Gasteiger partial charge is 0.465 e. The number of amides is 1. The van der Waals surface area contributed by atoms with E-state index in [0.29, 0.717) is 6.61 Å². The number of aliphatic hydroxyl groups excluding tert-OH is 1. The number of aliphatic hydroxyl groups is 1. The van der Waals surface area contributed by atoms with Gasteiger partial charge in [-0.15, -0.1) is 0 Å². The number of hydrogen-bond donors (Lipinski definition) is 3. The molecule has 0 aromatic heterocycles. The summed E-state index contributed by atoms with van der Waals surface area (Å²) < 4.78 is 5.86. The molecular formula is C15H23NO4. The molecule has 0 fully saturated rings. The zero-order valence-corrected chi connectivity index (χ0v) is 12.2. The minimum atomic E-state index is -1.17. The van der Waals surface area contributed by atoms with Gasteiger partial charge in [0, 0.05) is 0 Å². The standard InChI is InChI=1S/C15H23NO4/c1-15(2,3)13(12(9-17)16-14(18)19)20-10-11-7-5-4-6-8-11/h4-8,12-13,16-17H,9-10H2,1-3H3,(H,18,19)/t12-,13?/m1/s1. The number of benzene rings is 1. The maximum Gasteiger partial charge on any atom is 0.405 e. The zero-order chi connectivity index (χ0) is 15.2. The second-order valence-corrected chi connectivity index (χ2v) is 5.82. The molecule has 1 unspecified atom stereocenters. The Bertz CT molecular complexity index is 414. The predicted molar refractivity (Wildman–Crippen MR) is 76.5 cm³/mol. The van der Waals surface area contributed by atoms with E-state index in [1.807, 2.05) is 51.1 Å². The third-order valence-electron chi connectivity index (χ3n) is 3.00. The van der Waals surface area contributed by atoms with Gasteiger partial charge in [-0.3, -0.25) is 0 Å². The summed E-state index contributed by atoms with van der Waals surface area (Å²) in [6, 6.07) is 8.99. The fourth-order valence-corrected chi connectivity index (χ4v) is 2.11. The highest BCUT2D eigenvalue weighted by atomic mass is 16.5. The Morgan fingerprint density at radius 2 is 1.90 bits per heavy atom. The molecule has 1 aromatic carbocycles. The summed E-state index contributed by atoms with van der Waals surface area (Å²) in [7, 11) is 0. The number of ether oxygens (including phenoxy) is 1. The zero-order valence-electron chi connectivity index (χ0n) is 12.2. The summed E-state index contributed by atoms with van der Waals surface area (Å²) >= 11 is 0. The molecule has 1 rings (SSSR count). The fraction of sp³-hybridized carbons (Fsp3) is 0.533. The van der Waals surface area contributed by atoms with Gasteiger partial charge in [0.05, 0.1) is 25.4 Å². The van der Waals surface area contributed by atoms with E-state index in [2.05, 4.69) is 5.32 Å². The lowest BCUT2D eigenvalue weighted by Gasteiger charge is -2.36. The fourth-order valence-electron chi connectivity index (χ4n) is 2.11. The minimum Gasteiger partial charge on any atom is -0.465 e. The van der Waals surface area contributed by atoms with Crippen molar-refractivity contribution in [3.63, 3.8) is 0 Å². The topological polar surface area (TPSA) is 78.8 Å². The van der Waals surface area contributed by atoms with Gasteiger partial charge in [0.2, 0.25) is 0 Å². The van der Waals surface area contributed by atoms with Gasteiger partial charge in [0.1, 0.15) is 0 Å². The maximum absolute atomic E-state index is 10.8. The van der Waals surface area contributed by atoms with Gasteiger partial charge < -0.3 is 20.3 Å². The summed E-state index contributed by atoms with van der Waals surface area (Å²) in [6.07, 6.45) is -1.59. The van der Waals surface area contributed by atoms with Crippen LogP contribution >= 0.6 is 0 Å². The van der Waals surface area contributed by atoms with E-state index in [-0.39, 0.29) is 12.0 Å². The molecule has 20 heavy (non-hydrogen) atoms. The molecule has 1 amide bonds. The van der Waals surface area contributed by atoms with Crippen molar-refractivity contribution in [1.29, 1.82) is 0 Å². The smallest absolute Gasteiger partial charge is 0.405 e. The highest BCUT2D eigenvalue weighted by Crippen LogP contribution is 2.26. The number of rotatable bonds is 6. The Hall–Kier alpha value is -1.59. The van der Waals surface area contributed by atoms with Crippen molar-refractivity contribution < 1.29 is 19.7 Å². The molecule has 2 atom stereocenters. The van der Waals surface area contributed by atoms with Crippen LogP contribution in [-0.4, -0.2) is 35.1 Å². The van der Waals surface area contributed by atoms with Gasteiger partial charge in [-0.2, -0.15) is 0 Å². The Kier molecular flexibility index (Phi) is 5.98. The number of hydrogen-bond acceptors (Lipinski definition) is 3. The average molecular weight is 281 g/mol. The summed E-state index contributed by atoms with van der Waals surface area (Å²) in [5.41, 5.74) is 0.707. The molecule has 0 aliphatic rings. The van der Waals surface area contributed by atoms with Crippen LogP contribution in [0.5, 0.6) is 0 Å². The average Bonchev–Trinajstić information content (AvgIpc) is 2.36. The van der Waals surface area contributed by atoms with E-state index in [1.165, 1.54) is 0 Å². The Morgan fingerprint density at radius 1 is 1.30 bits per heavy atom. The lowest BCUT2D eigenvalue weighted by Crippen LogP contribution is -2.51. The Labute approximate surface area is 119 Å². The van der Waals surface area contributed by atoms with Crippen LogP contribution < -0.4 is 5.32 Å². The highest BCUT2D eigenvalue weighted by Gasteiger charge is 2.34. The van der Waals surface area contributed by atoms with Crippen molar-refractivity contribution >= 4 is 6.09 Å². The molecule has 0 radical (unpaired) electrons. The van der Waals surface area contributed by atoms with Crippen molar-refractivity contribution in [1.82, 2.24) is 5.32 Å². The number of carbonyl (C=O) groups is 1. The monoisotopic (exact) mass is 281 g/mol. The summed E-state index contributed by atoms with van der Waals surface area (Å²) in [5, 5.41) is 20.6. The number of carboxylic acid groups (broad SMARTS) is 1. The molecule has 3 N–H and O–H groups in total. The lowest BCUT2D eigenvalue weighted by molar-refractivity contribution is -0.0593. The third-order valence-corrected chi connectivity index (χ3v) is 3.00. The molecule has 0 saturated heterocycles.